The zero-order valence-corrected chi connectivity index (χ0v) is 20.1. The van der Waals surface area contributed by atoms with Crippen molar-refractivity contribution < 1.29 is 9.90 Å². The summed E-state index contributed by atoms with van der Waals surface area (Å²) in [6.07, 6.45) is 11.3. The standard InChI is InChI=1S/C29H33N3O3/c33-21-6-4-17-12-24-28-9-8-23-26(29(28,22(17)13-21)10-11-31(24)20-2-1-3-20)19(14-28)16-32(23)27(35)18-5-7-25(34)30-15-18/h4-7,13,15,19-20,23-24,26,33H,1-3,8-12,14,16H2,(H,30,34)/t19-,23?,24?,26?,28?,29?/m1/s1. The third-order valence-electron chi connectivity index (χ3n) is 11.3. The minimum atomic E-state index is -0.177. The Kier molecular flexibility index (Phi) is 3.99. The molecular formula is C29H33N3O3. The quantitative estimate of drug-likeness (QED) is 0.704. The summed E-state index contributed by atoms with van der Waals surface area (Å²) in [7, 11) is 0. The molecule has 8 rings (SSSR count). The van der Waals surface area contributed by atoms with Crippen LogP contribution >= 0.6 is 0 Å². The highest BCUT2D eigenvalue weighted by Crippen LogP contribution is 2.75. The number of hydrogen-bond donors (Lipinski definition) is 2. The van der Waals surface area contributed by atoms with Gasteiger partial charge in [0.2, 0.25) is 5.56 Å². The molecule has 1 aromatic carbocycles. The highest BCUT2D eigenvalue weighted by Gasteiger charge is 2.76. The molecule has 4 bridgehead atoms. The van der Waals surface area contributed by atoms with Gasteiger partial charge in [0.1, 0.15) is 5.75 Å². The number of carbonyl (C=O) groups excluding carboxylic acids is 1. The third-order valence-corrected chi connectivity index (χ3v) is 11.3. The number of fused-ring (bicyclic) bond motifs is 1. The first-order valence-electron chi connectivity index (χ1n) is 13.6. The molecule has 2 N–H and O–H groups in total. The first-order chi connectivity index (χ1) is 17.0. The maximum atomic E-state index is 13.6. The number of H-pyrrole nitrogens is 1. The average molecular weight is 472 g/mol. The molecule has 0 spiro atoms. The smallest absolute Gasteiger partial charge is 0.255 e. The SMILES string of the molecule is O=C(c1ccc(=O)[nH]c1)N1C[C@H]2CC34CCC1C2C31CCN(C2CCC2)C4Cc2ccc(O)cc21. The number of benzene rings is 1. The number of hydrogen-bond acceptors (Lipinski definition) is 4. The lowest BCUT2D eigenvalue weighted by molar-refractivity contribution is -0.122. The molecule has 0 radical (unpaired) electrons. The summed E-state index contributed by atoms with van der Waals surface area (Å²) >= 11 is 0. The number of amides is 1. The van der Waals surface area contributed by atoms with Gasteiger partial charge in [-0.1, -0.05) is 12.5 Å². The number of phenolic OH excluding ortho intramolecular Hbond substituents is 1. The number of nitrogens with one attached hydrogen (secondary N) is 1. The van der Waals surface area contributed by atoms with Gasteiger partial charge in [-0.15, -0.1) is 0 Å². The van der Waals surface area contributed by atoms with Gasteiger partial charge >= 0.3 is 0 Å². The van der Waals surface area contributed by atoms with Gasteiger partial charge in [-0.2, -0.15) is 0 Å². The van der Waals surface area contributed by atoms with Crippen molar-refractivity contribution in [2.45, 2.75) is 74.9 Å². The number of aromatic nitrogens is 1. The highest BCUT2D eigenvalue weighted by molar-refractivity contribution is 5.94. The van der Waals surface area contributed by atoms with Crippen molar-refractivity contribution in [3.05, 3.63) is 63.6 Å². The third kappa shape index (κ3) is 2.40. The summed E-state index contributed by atoms with van der Waals surface area (Å²) in [6.45, 7) is 1.97. The zero-order valence-electron chi connectivity index (χ0n) is 20.1. The molecule has 1 aromatic heterocycles. The van der Waals surface area contributed by atoms with Crippen LogP contribution in [0.5, 0.6) is 5.75 Å². The first kappa shape index (κ1) is 20.6. The minimum Gasteiger partial charge on any atom is -0.508 e. The van der Waals surface area contributed by atoms with Crippen molar-refractivity contribution in [2.24, 2.45) is 17.3 Å². The molecule has 3 saturated carbocycles. The van der Waals surface area contributed by atoms with Gasteiger partial charge in [-0.3, -0.25) is 14.5 Å². The summed E-state index contributed by atoms with van der Waals surface area (Å²) in [5, 5.41) is 10.6. The summed E-state index contributed by atoms with van der Waals surface area (Å²) in [5.74, 6) is 1.40. The summed E-state index contributed by atoms with van der Waals surface area (Å²) in [4.78, 5) is 32.9. The second-order valence-corrected chi connectivity index (χ2v) is 12.3. The van der Waals surface area contributed by atoms with E-state index in [4.69, 9.17) is 0 Å². The van der Waals surface area contributed by atoms with Gasteiger partial charge in [-0.05, 0) is 98.1 Å². The summed E-state index contributed by atoms with van der Waals surface area (Å²) in [6, 6.07) is 10.9. The fraction of sp³-hybridized carbons (Fsp3) is 0.586. The van der Waals surface area contributed by atoms with Crippen LogP contribution in [0.15, 0.2) is 41.3 Å². The van der Waals surface area contributed by atoms with Crippen LogP contribution in [-0.4, -0.2) is 57.0 Å². The Bertz CT molecular complexity index is 1280. The molecule has 5 fully saturated rings. The Balaban J connectivity index is 1.25. The molecule has 2 aliphatic heterocycles. The van der Waals surface area contributed by atoms with E-state index in [1.54, 1.807) is 12.3 Å². The summed E-state index contributed by atoms with van der Waals surface area (Å²) in [5.41, 5.74) is 3.55. The Hall–Kier alpha value is -2.60. The van der Waals surface area contributed by atoms with Gasteiger partial charge < -0.3 is 15.0 Å². The van der Waals surface area contributed by atoms with Crippen LogP contribution in [0, 0.1) is 17.3 Å². The molecule has 3 heterocycles. The van der Waals surface area contributed by atoms with Crippen LogP contribution in [0.2, 0.25) is 0 Å². The molecule has 1 amide bonds. The maximum absolute atomic E-state index is 13.6. The van der Waals surface area contributed by atoms with E-state index in [1.165, 1.54) is 49.3 Å². The van der Waals surface area contributed by atoms with Crippen LogP contribution in [0.3, 0.4) is 0 Å². The molecule has 6 aliphatic rings. The predicted molar refractivity (Wildman–Crippen MR) is 131 cm³/mol. The van der Waals surface area contributed by atoms with E-state index in [2.05, 4.69) is 26.9 Å². The van der Waals surface area contributed by atoms with Gasteiger partial charge in [0.25, 0.3) is 5.91 Å². The topological polar surface area (TPSA) is 76.6 Å². The largest absolute Gasteiger partial charge is 0.508 e. The van der Waals surface area contributed by atoms with E-state index < -0.39 is 0 Å². The molecule has 4 aliphatic carbocycles. The normalized spacial score (nSPS) is 39.1. The number of phenols is 1. The van der Waals surface area contributed by atoms with Gasteiger partial charge in [-0.25, -0.2) is 0 Å². The van der Waals surface area contributed by atoms with Crippen LogP contribution < -0.4 is 5.56 Å². The maximum Gasteiger partial charge on any atom is 0.255 e. The number of piperidine rings is 1. The number of likely N-dealkylation sites (tertiary alicyclic amines) is 2. The van der Waals surface area contributed by atoms with E-state index in [1.807, 2.05) is 6.07 Å². The molecule has 5 unspecified atom stereocenters. The lowest BCUT2D eigenvalue weighted by atomic mass is 9.43. The van der Waals surface area contributed by atoms with E-state index in [-0.39, 0.29) is 28.3 Å². The predicted octanol–water partition coefficient (Wildman–Crippen LogP) is 3.44. The molecule has 2 aromatic rings. The van der Waals surface area contributed by atoms with Crippen molar-refractivity contribution in [1.82, 2.24) is 14.8 Å². The van der Waals surface area contributed by atoms with E-state index in [0.717, 1.165) is 38.4 Å². The van der Waals surface area contributed by atoms with Crippen molar-refractivity contribution in [3.63, 3.8) is 0 Å². The summed E-state index contributed by atoms with van der Waals surface area (Å²) < 4.78 is 0. The lowest BCUT2D eigenvalue weighted by Gasteiger charge is -2.68. The van der Waals surface area contributed by atoms with Gasteiger partial charge in [0.15, 0.2) is 0 Å². The molecule has 182 valence electrons. The molecule has 35 heavy (non-hydrogen) atoms. The molecule has 6 nitrogen and oxygen atoms in total. The second-order valence-electron chi connectivity index (χ2n) is 12.3. The van der Waals surface area contributed by atoms with Gasteiger partial charge in [0, 0.05) is 42.3 Å². The number of aromatic hydroxyl groups is 1. The zero-order chi connectivity index (χ0) is 23.5. The minimum absolute atomic E-state index is 0.0534. The second kappa shape index (κ2) is 6.78. The van der Waals surface area contributed by atoms with Crippen molar-refractivity contribution >= 4 is 5.91 Å². The van der Waals surface area contributed by atoms with Crippen molar-refractivity contribution in [3.8, 4) is 5.75 Å². The monoisotopic (exact) mass is 471 g/mol. The average Bonchev–Trinajstić information content (AvgIpc) is 3.26. The van der Waals surface area contributed by atoms with E-state index >= 15 is 0 Å². The van der Waals surface area contributed by atoms with Crippen LogP contribution in [-0.2, 0) is 11.8 Å². The Morgan fingerprint density at radius 1 is 1.11 bits per heavy atom. The highest BCUT2D eigenvalue weighted by atomic mass is 16.3. The molecule has 6 heteroatoms. The van der Waals surface area contributed by atoms with E-state index in [9.17, 15) is 14.7 Å². The number of nitrogens with zero attached hydrogens (tertiary/aromatic N) is 2. The van der Waals surface area contributed by atoms with Crippen LogP contribution in [0.25, 0.3) is 0 Å². The number of pyridine rings is 1. The number of rotatable bonds is 2. The van der Waals surface area contributed by atoms with Crippen molar-refractivity contribution in [2.75, 3.05) is 13.1 Å². The van der Waals surface area contributed by atoms with E-state index in [0.29, 0.717) is 29.2 Å². The van der Waals surface area contributed by atoms with Crippen molar-refractivity contribution in [1.29, 1.82) is 0 Å². The Morgan fingerprint density at radius 3 is 2.77 bits per heavy atom. The Morgan fingerprint density at radius 2 is 2.00 bits per heavy atom. The molecule has 2 saturated heterocycles. The van der Waals surface area contributed by atoms with Gasteiger partial charge in [0.05, 0.1) is 5.56 Å². The lowest BCUT2D eigenvalue weighted by Crippen LogP contribution is -2.71. The first-order valence-corrected chi connectivity index (χ1v) is 13.6. The Labute approximate surface area is 205 Å². The van der Waals surface area contributed by atoms with Crippen LogP contribution in [0.1, 0.15) is 66.4 Å². The molecular weight excluding hydrogens is 438 g/mol. The van der Waals surface area contributed by atoms with Crippen LogP contribution in [0.4, 0.5) is 0 Å². The number of aromatic amines is 1. The molecule has 6 atom stereocenters. The fourth-order valence-electron chi connectivity index (χ4n) is 10.1. The fourth-order valence-corrected chi connectivity index (χ4v) is 10.1. The number of carbonyl (C=O) groups is 1.